The third kappa shape index (κ3) is 1.87. The number of rotatable bonds is 0. The maximum Gasteiger partial charge on any atom is 0.417 e. The van der Waals surface area contributed by atoms with Gasteiger partial charge in [0.2, 0.25) is 0 Å². The molecule has 0 radical (unpaired) electrons. The fourth-order valence-corrected chi connectivity index (χ4v) is 3.15. The second kappa shape index (κ2) is 4.07. The standard InChI is InChI=1S/C14H9BrF3N/c1-7-3-2-4-8-11-10(19-13(7)8)6-5-9(12(11)15)14(16,17)18/h2-7H,1H3. The highest BCUT2D eigenvalue weighted by Crippen LogP contribution is 2.47. The summed E-state index contributed by atoms with van der Waals surface area (Å²) in [6.45, 7) is 1.98. The normalized spacial score (nSPS) is 20.8. The molecule has 1 heterocycles. The van der Waals surface area contributed by atoms with Gasteiger partial charge in [-0.1, -0.05) is 25.2 Å². The molecule has 1 nitrogen and oxygen atoms in total. The average molecular weight is 328 g/mol. The van der Waals surface area contributed by atoms with Gasteiger partial charge in [0.05, 0.1) is 17.0 Å². The predicted molar refractivity (Wildman–Crippen MR) is 72.5 cm³/mol. The van der Waals surface area contributed by atoms with E-state index in [1.54, 1.807) is 0 Å². The van der Waals surface area contributed by atoms with Crippen molar-refractivity contribution >= 4 is 32.9 Å². The largest absolute Gasteiger partial charge is 0.417 e. The Labute approximate surface area is 116 Å². The summed E-state index contributed by atoms with van der Waals surface area (Å²) in [7, 11) is 0. The number of alkyl halides is 3. The van der Waals surface area contributed by atoms with Gasteiger partial charge in [0.25, 0.3) is 0 Å². The van der Waals surface area contributed by atoms with Crippen LogP contribution in [0.1, 0.15) is 18.1 Å². The van der Waals surface area contributed by atoms with Crippen LogP contribution >= 0.6 is 15.9 Å². The van der Waals surface area contributed by atoms with Crippen molar-refractivity contribution in [1.82, 2.24) is 0 Å². The van der Waals surface area contributed by atoms with E-state index in [9.17, 15) is 13.2 Å². The summed E-state index contributed by atoms with van der Waals surface area (Å²) in [6, 6.07) is 2.50. The van der Waals surface area contributed by atoms with E-state index in [1.165, 1.54) is 6.07 Å². The molecule has 0 saturated carbocycles. The molecule has 0 spiro atoms. The first kappa shape index (κ1) is 12.7. The van der Waals surface area contributed by atoms with Gasteiger partial charge in [-0.3, -0.25) is 4.99 Å². The van der Waals surface area contributed by atoms with Gasteiger partial charge < -0.3 is 0 Å². The van der Waals surface area contributed by atoms with Crippen LogP contribution in [-0.2, 0) is 6.18 Å². The lowest BCUT2D eigenvalue weighted by Crippen LogP contribution is -2.11. The van der Waals surface area contributed by atoms with Crippen LogP contribution in [0.25, 0.3) is 5.57 Å². The van der Waals surface area contributed by atoms with Crippen LogP contribution in [0.4, 0.5) is 18.9 Å². The molecule has 19 heavy (non-hydrogen) atoms. The lowest BCUT2D eigenvalue weighted by molar-refractivity contribution is -0.138. The molecule has 0 N–H and O–H groups in total. The van der Waals surface area contributed by atoms with Gasteiger partial charge in [-0.2, -0.15) is 13.2 Å². The molecule has 2 aliphatic rings. The van der Waals surface area contributed by atoms with E-state index in [4.69, 9.17) is 0 Å². The highest BCUT2D eigenvalue weighted by Gasteiger charge is 2.37. The molecule has 0 amide bonds. The van der Waals surface area contributed by atoms with Crippen molar-refractivity contribution in [1.29, 1.82) is 0 Å². The van der Waals surface area contributed by atoms with E-state index in [0.717, 1.165) is 17.4 Å². The van der Waals surface area contributed by atoms with Crippen LogP contribution in [0.15, 0.2) is 39.8 Å². The maximum atomic E-state index is 12.9. The highest BCUT2D eigenvalue weighted by molar-refractivity contribution is 9.10. The van der Waals surface area contributed by atoms with Crippen molar-refractivity contribution in [3.05, 3.63) is 46.0 Å². The molecule has 0 bridgehead atoms. The Hall–Kier alpha value is -1.36. The second-order valence-corrected chi connectivity index (χ2v) is 5.36. The summed E-state index contributed by atoms with van der Waals surface area (Å²) in [4.78, 5) is 4.44. The van der Waals surface area contributed by atoms with Crippen LogP contribution in [0.5, 0.6) is 0 Å². The zero-order valence-corrected chi connectivity index (χ0v) is 11.5. The molecule has 1 aliphatic carbocycles. The first-order chi connectivity index (χ1) is 8.89. The van der Waals surface area contributed by atoms with Crippen LogP contribution in [0.3, 0.4) is 0 Å². The SMILES string of the molecule is CC1C=CC=C2C1=Nc1ccc(C(F)(F)F)c(Br)c12. The van der Waals surface area contributed by atoms with Gasteiger partial charge in [0, 0.05) is 21.5 Å². The topological polar surface area (TPSA) is 12.4 Å². The zero-order chi connectivity index (χ0) is 13.8. The first-order valence-electron chi connectivity index (χ1n) is 5.77. The van der Waals surface area contributed by atoms with Gasteiger partial charge >= 0.3 is 6.18 Å². The Morgan fingerprint density at radius 3 is 2.68 bits per heavy atom. The quantitative estimate of drug-likeness (QED) is 0.625. The number of halogens is 4. The maximum absolute atomic E-state index is 12.9. The highest BCUT2D eigenvalue weighted by atomic mass is 79.9. The molecule has 1 aliphatic heterocycles. The van der Waals surface area contributed by atoms with Gasteiger partial charge in [0.1, 0.15) is 0 Å². The smallest absolute Gasteiger partial charge is 0.252 e. The Bertz CT molecular complexity index is 653. The lowest BCUT2D eigenvalue weighted by Gasteiger charge is -2.15. The minimum absolute atomic E-state index is 0.0741. The van der Waals surface area contributed by atoms with Crippen molar-refractivity contribution in [2.75, 3.05) is 0 Å². The van der Waals surface area contributed by atoms with Gasteiger partial charge in [-0.25, -0.2) is 0 Å². The van der Waals surface area contributed by atoms with Gasteiger partial charge in [0.15, 0.2) is 0 Å². The summed E-state index contributed by atoms with van der Waals surface area (Å²) >= 11 is 3.09. The molecule has 0 saturated heterocycles. The van der Waals surface area contributed by atoms with Crippen LogP contribution in [0, 0.1) is 5.92 Å². The van der Waals surface area contributed by atoms with Crippen LogP contribution in [-0.4, -0.2) is 5.71 Å². The zero-order valence-electron chi connectivity index (χ0n) is 9.92. The number of fused-ring (bicyclic) bond motifs is 3. The van der Waals surface area contributed by atoms with Crippen molar-refractivity contribution in [3.8, 4) is 0 Å². The fraction of sp³-hybridized carbons (Fsp3) is 0.214. The van der Waals surface area contributed by atoms with Crippen molar-refractivity contribution in [3.63, 3.8) is 0 Å². The molecule has 1 atom stereocenters. The molecule has 5 heteroatoms. The molecular formula is C14H9BrF3N. The second-order valence-electron chi connectivity index (χ2n) is 4.57. The van der Waals surface area contributed by atoms with E-state index >= 15 is 0 Å². The summed E-state index contributed by atoms with van der Waals surface area (Å²) in [5, 5.41) is 0. The van der Waals surface area contributed by atoms with Crippen molar-refractivity contribution < 1.29 is 13.2 Å². The minimum atomic E-state index is -4.37. The summed E-state index contributed by atoms with van der Waals surface area (Å²) in [6.07, 6.45) is 1.29. The molecule has 1 aromatic carbocycles. The number of benzene rings is 1. The summed E-state index contributed by atoms with van der Waals surface area (Å²) in [5.74, 6) is 0.119. The number of nitrogens with zero attached hydrogens (tertiary/aromatic N) is 1. The van der Waals surface area contributed by atoms with E-state index in [0.29, 0.717) is 11.3 Å². The van der Waals surface area contributed by atoms with Gasteiger partial charge in [-0.15, -0.1) is 0 Å². The summed E-state index contributed by atoms with van der Waals surface area (Å²) < 4.78 is 38.8. The van der Waals surface area contributed by atoms with Crippen molar-refractivity contribution in [2.45, 2.75) is 13.1 Å². The van der Waals surface area contributed by atoms with E-state index in [-0.39, 0.29) is 10.4 Å². The third-order valence-corrected chi connectivity index (χ3v) is 4.13. The lowest BCUT2D eigenvalue weighted by atomic mass is 9.90. The minimum Gasteiger partial charge on any atom is -0.252 e. The number of aliphatic imine (C=N–C) groups is 1. The molecule has 0 aromatic heterocycles. The molecule has 1 unspecified atom stereocenters. The first-order valence-corrected chi connectivity index (χ1v) is 6.56. The number of hydrogen-bond donors (Lipinski definition) is 0. The Morgan fingerprint density at radius 1 is 1.26 bits per heavy atom. The molecular weight excluding hydrogens is 319 g/mol. The van der Waals surface area contributed by atoms with Gasteiger partial charge in [-0.05, 0) is 28.1 Å². The van der Waals surface area contributed by atoms with E-state index in [2.05, 4.69) is 20.9 Å². The molecule has 1 aromatic rings. The Kier molecular flexibility index (Phi) is 2.71. The van der Waals surface area contributed by atoms with E-state index < -0.39 is 11.7 Å². The predicted octanol–water partition coefficient (Wildman–Crippen LogP) is 5.14. The monoisotopic (exact) mass is 327 g/mol. The third-order valence-electron chi connectivity index (χ3n) is 3.31. The fourth-order valence-electron chi connectivity index (χ4n) is 2.38. The van der Waals surface area contributed by atoms with Crippen molar-refractivity contribution in [2.24, 2.45) is 10.9 Å². The summed E-state index contributed by atoms with van der Waals surface area (Å²) in [5.41, 5.74) is 2.09. The number of allylic oxidation sites excluding steroid dienone is 4. The molecule has 98 valence electrons. The Balaban J connectivity index is 2.22. The van der Waals surface area contributed by atoms with Crippen LogP contribution in [0.2, 0.25) is 0 Å². The number of hydrogen-bond acceptors (Lipinski definition) is 1. The average Bonchev–Trinajstić information content (AvgIpc) is 2.68. The molecule has 0 fully saturated rings. The van der Waals surface area contributed by atoms with Crippen LogP contribution < -0.4 is 0 Å². The molecule has 3 rings (SSSR count). The Morgan fingerprint density at radius 2 is 2.00 bits per heavy atom. The van der Waals surface area contributed by atoms with E-state index in [1.807, 2.05) is 25.2 Å².